The highest BCUT2D eigenvalue weighted by Gasteiger charge is 2.22. The van der Waals surface area contributed by atoms with Gasteiger partial charge in [0.1, 0.15) is 11.9 Å². The van der Waals surface area contributed by atoms with E-state index in [9.17, 15) is 4.79 Å². The molecular weight excluding hydrogens is 226 g/mol. The molecule has 0 aliphatic heterocycles. The fraction of sp³-hybridized carbons (Fsp3) is 0.333. The number of carbonyl (C=O) groups is 1. The van der Waals surface area contributed by atoms with Gasteiger partial charge in [0.15, 0.2) is 0 Å². The van der Waals surface area contributed by atoms with Crippen molar-refractivity contribution < 1.29 is 14.6 Å². The number of hydrogen-bond donors (Lipinski definition) is 1. The van der Waals surface area contributed by atoms with E-state index in [2.05, 4.69) is 15.2 Å². The Hall–Kier alpha value is -2.38. The first-order chi connectivity index (χ1) is 7.99. The van der Waals surface area contributed by atoms with Gasteiger partial charge >= 0.3 is 12.0 Å². The van der Waals surface area contributed by atoms with Crippen LogP contribution in [0.2, 0.25) is 0 Å². The Morgan fingerprint density at radius 1 is 1.41 bits per heavy atom. The van der Waals surface area contributed by atoms with Crippen LogP contribution in [0.1, 0.15) is 16.1 Å². The van der Waals surface area contributed by atoms with Gasteiger partial charge in [-0.3, -0.25) is 4.68 Å². The van der Waals surface area contributed by atoms with Gasteiger partial charge in [-0.15, -0.1) is 5.10 Å². The van der Waals surface area contributed by atoms with E-state index in [0.29, 0.717) is 5.69 Å². The van der Waals surface area contributed by atoms with Gasteiger partial charge in [0.05, 0.1) is 5.69 Å². The predicted octanol–water partition coefficient (Wildman–Crippen LogP) is 0.348. The van der Waals surface area contributed by atoms with Crippen LogP contribution in [0.5, 0.6) is 11.9 Å². The lowest BCUT2D eigenvalue weighted by atomic mass is 10.2. The van der Waals surface area contributed by atoms with E-state index in [1.165, 1.54) is 15.7 Å². The van der Waals surface area contributed by atoms with Crippen LogP contribution >= 0.6 is 0 Å². The number of aryl methyl sites for hydroxylation is 3. The van der Waals surface area contributed by atoms with Crippen molar-refractivity contribution in [1.82, 2.24) is 24.5 Å². The lowest BCUT2D eigenvalue weighted by Gasteiger charge is -2.02. The summed E-state index contributed by atoms with van der Waals surface area (Å²) in [5.74, 6) is -0.984. The molecule has 0 atom stereocenters. The standard InChI is InChI=1S/C9H11N5O3/c1-5-6(8(15)16)7(14(3)11-5)17-9-10-4-13(2)12-9/h4H,1-3H3,(H,15,16). The van der Waals surface area contributed by atoms with E-state index in [4.69, 9.17) is 9.84 Å². The molecule has 2 aromatic rings. The van der Waals surface area contributed by atoms with E-state index < -0.39 is 5.97 Å². The first kappa shape index (κ1) is 11.1. The first-order valence-corrected chi connectivity index (χ1v) is 4.79. The second-order valence-corrected chi connectivity index (χ2v) is 3.50. The number of aromatic carboxylic acids is 1. The molecular formula is C9H11N5O3. The maximum absolute atomic E-state index is 11.1. The van der Waals surface area contributed by atoms with E-state index in [0.717, 1.165) is 0 Å². The third-order valence-corrected chi connectivity index (χ3v) is 2.15. The molecule has 0 spiro atoms. The van der Waals surface area contributed by atoms with Crippen LogP contribution in [0.4, 0.5) is 0 Å². The quantitative estimate of drug-likeness (QED) is 0.827. The fourth-order valence-electron chi connectivity index (χ4n) is 1.45. The van der Waals surface area contributed by atoms with Crippen LogP contribution in [0.3, 0.4) is 0 Å². The third-order valence-electron chi connectivity index (χ3n) is 2.15. The van der Waals surface area contributed by atoms with Crippen molar-refractivity contribution in [3.63, 3.8) is 0 Å². The van der Waals surface area contributed by atoms with Gasteiger partial charge in [-0.05, 0) is 6.92 Å². The highest BCUT2D eigenvalue weighted by atomic mass is 16.5. The minimum atomic E-state index is -1.10. The van der Waals surface area contributed by atoms with Crippen LogP contribution in [0.15, 0.2) is 6.33 Å². The highest BCUT2D eigenvalue weighted by molar-refractivity contribution is 5.91. The number of rotatable bonds is 3. The van der Waals surface area contributed by atoms with Gasteiger partial charge in [0.25, 0.3) is 0 Å². The molecule has 0 aliphatic carbocycles. The van der Waals surface area contributed by atoms with Crippen LogP contribution in [-0.2, 0) is 14.1 Å². The normalized spacial score (nSPS) is 10.5. The van der Waals surface area contributed by atoms with Crippen LogP contribution < -0.4 is 4.74 Å². The molecule has 0 saturated carbocycles. The summed E-state index contributed by atoms with van der Waals surface area (Å²) in [5.41, 5.74) is 0.394. The van der Waals surface area contributed by atoms with Gasteiger partial charge in [0.2, 0.25) is 5.88 Å². The molecule has 0 bridgehead atoms. The van der Waals surface area contributed by atoms with Crippen molar-refractivity contribution >= 4 is 5.97 Å². The average Bonchev–Trinajstić information content (AvgIpc) is 2.72. The summed E-state index contributed by atoms with van der Waals surface area (Å²) in [6, 6.07) is 0.0815. The van der Waals surface area contributed by atoms with E-state index in [1.807, 2.05) is 0 Å². The maximum atomic E-state index is 11.1. The molecule has 2 rings (SSSR count). The Labute approximate surface area is 96.5 Å². The Bertz CT molecular complexity index is 571. The minimum Gasteiger partial charge on any atom is -0.477 e. The summed E-state index contributed by atoms with van der Waals surface area (Å²) >= 11 is 0. The lowest BCUT2D eigenvalue weighted by molar-refractivity contribution is 0.0693. The molecule has 8 heteroatoms. The number of carboxylic acids is 1. The van der Waals surface area contributed by atoms with Gasteiger partial charge in [-0.1, -0.05) is 0 Å². The molecule has 0 aromatic carbocycles. The second-order valence-electron chi connectivity index (χ2n) is 3.50. The van der Waals surface area contributed by atoms with Crippen molar-refractivity contribution in [1.29, 1.82) is 0 Å². The minimum absolute atomic E-state index is 0.0138. The number of carboxylic acid groups (broad SMARTS) is 1. The Morgan fingerprint density at radius 3 is 2.65 bits per heavy atom. The van der Waals surface area contributed by atoms with E-state index in [1.54, 1.807) is 21.0 Å². The topological polar surface area (TPSA) is 95.1 Å². The van der Waals surface area contributed by atoms with Gasteiger partial charge in [-0.25, -0.2) is 9.48 Å². The molecule has 0 amide bonds. The average molecular weight is 237 g/mol. The SMILES string of the molecule is Cc1nn(C)c(Oc2ncn(C)n2)c1C(=O)O. The molecule has 2 aromatic heterocycles. The predicted molar refractivity (Wildman–Crippen MR) is 56.0 cm³/mol. The maximum Gasteiger partial charge on any atom is 0.343 e. The molecule has 17 heavy (non-hydrogen) atoms. The Kier molecular flexibility index (Phi) is 2.54. The zero-order chi connectivity index (χ0) is 12.6. The number of aromatic nitrogens is 5. The zero-order valence-corrected chi connectivity index (χ0v) is 9.58. The number of hydrogen-bond acceptors (Lipinski definition) is 5. The van der Waals surface area contributed by atoms with Crippen molar-refractivity contribution in [3.8, 4) is 11.9 Å². The smallest absolute Gasteiger partial charge is 0.343 e. The lowest BCUT2D eigenvalue weighted by Crippen LogP contribution is -2.02. The van der Waals surface area contributed by atoms with Crippen LogP contribution in [0, 0.1) is 6.92 Å². The summed E-state index contributed by atoms with van der Waals surface area (Å²) in [6.07, 6.45) is 1.46. The molecule has 0 aliphatic rings. The van der Waals surface area contributed by atoms with E-state index >= 15 is 0 Å². The Morgan fingerprint density at radius 2 is 2.12 bits per heavy atom. The molecule has 1 N–H and O–H groups in total. The first-order valence-electron chi connectivity index (χ1n) is 4.79. The van der Waals surface area contributed by atoms with Crippen LogP contribution in [-0.4, -0.2) is 35.6 Å². The number of ether oxygens (including phenoxy) is 1. The summed E-state index contributed by atoms with van der Waals surface area (Å²) in [7, 11) is 3.28. The summed E-state index contributed by atoms with van der Waals surface area (Å²) in [6.45, 7) is 1.60. The largest absolute Gasteiger partial charge is 0.477 e. The third kappa shape index (κ3) is 1.96. The van der Waals surface area contributed by atoms with Crippen LogP contribution in [0.25, 0.3) is 0 Å². The van der Waals surface area contributed by atoms with Crippen molar-refractivity contribution in [2.24, 2.45) is 14.1 Å². The monoisotopic (exact) mass is 237 g/mol. The Balaban J connectivity index is 2.41. The summed E-state index contributed by atoms with van der Waals surface area (Å²) in [4.78, 5) is 14.9. The van der Waals surface area contributed by atoms with Gasteiger partial charge in [0, 0.05) is 14.1 Å². The molecule has 0 radical (unpaired) electrons. The van der Waals surface area contributed by atoms with Crippen molar-refractivity contribution in [3.05, 3.63) is 17.6 Å². The van der Waals surface area contributed by atoms with Crippen molar-refractivity contribution in [2.45, 2.75) is 6.92 Å². The van der Waals surface area contributed by atoms with Gasteiger partial charge in [-0.2, -0.15) is 10.1 Å². The molecule has 0 unspecified atom stereocenters. The molecule has 8 nitrogen and oxygen atoms in total. The van der Waals surface area contributed by atoms with E-state index in [-0.39, 0.29) is 17.5 Å². The second kappa shape index (κ2) is 3.89. The molecule has 0 fully saturated rings. The highest BCUT2D eigenvalue weighted by Crippen LogP contribution is 2.24. The summed E-state index contributed by atoms with van der Waals surface area (Å²) < 4.78 is 8.12. The molecule has 0 saturated heterocycles. The zero-order valence-electron chi connectivity index (χ0n) is 9.58. The number of nitrogens with zero attached hydrogens (tertiary/aromatic N) is 5. The van der Waals surface area contributed by atoms with Crippen molar-refractivity contribution in [2.75, 3.05) is 0 Å². The van der Waals surface area contributed by atoms with Gasteiger partial charge < -0.3 is 9.84 Å². The summed E-state index contributed by atoms with van der Waals surface area (Å²) in [5, 5.41) is 17.0. The fourth-order valence-corrected chi connectivity index (χ4v) is 1.45. The molecule has 90 valence electrons. The molecule has 2 heterocycles.